The minimum Gasteiger partial charge on any atom is -0.371 e. The summed E-state index contributed by atoms with van der Waals surface area (Å²) in [6.45, 7) is 1.79. The first-order valence-corrected chi connectivity index (χ1v) is 6.97. The number of benzene rings is 1. The molecule has 0 aliphatic heterocycles. The van der Waals surface area contributed by atoms with Crippen LogP contribution in [0.1, 0.15) is 37.3 Å². The average molecular weight is 286 g/mol. The van der Waals surface area contributed by atoms with Crippen LogP contribution in [-0.2, 0) is 12.6 Å². The smallest absolute Gasteiger partial charge is 0.371 e. The largest absolute Gasteiger partial charge is 0.418 e. The van der Waals surface area contributed by atoms with Crippen LogP contribution in [0.15, 0.2) is 18.2 Å². The van der Waals surface area contributed by atoms with Crippen LogP contribution >= 0.6 is 0 Å². The van der Waals surface area contributed by atoms with Gasteiger partial charge in [-0.2, -0.15) is 13.2 Å². The predicted octanol–water partition coefficient (Wildman–Crippen LogP) is 3.58. The Morgan fingerprint density at radius 1 is 1.35 bits per heavy atom. The highest BCUT2D eigenvalue weighted by Crippen LogP contribution is 2.39. The Morgan fingerprint density at radius 2 is 2.00 bits per heavy atom. The SMILES string of the molecule is CC(N)Cc1ccc(N(C)C2CCC2)c(C(F)(F)F)c1. The fourth-order valence-electron chi connectivity index (χ4n) is 2.59. The van der Waals surface area contributed by atoms with Crippen molar-refractivity contribution in [3.63, 3.8) is 0 Å². The molecular weight excluding hydrogens is 265 g/mol. The van der Waals surface area contributed by atoms with Gasteiger partial charge < -0.3 is 10.6 Å². The maximum Gasteiger partial charge on any atom is 0.418 e. The van der Waals surface area contributed by atoms with E-state index in [1.165, 1.54) is 6.07 Å². The van der Waals surface area contributed by atoms with Gasteiger partial charge in [0.15, 0.2) is 0 Å². The van der Waals surface area contributed by atoms with E-state index in [0.29, 0.717) is 12.0 Å². The van der Waals surface area contributed by atoms with Crippen molar-refractivity contribution >= 4 is 5.69 Å². The summed E-state index contributed by atoms with van der Waals surface area (Å²) in [6.07, 6.45) is -0.846. The zero-order valence-corrected chi connectivity index (χ0v) is 11.9. The minimum atomic E-state index is -4.33. The summed E-state index contributed by atoms with van der Waals surface area (Å²) in [5, 5.41) is 0. The topological polar surface area (TPSA) is 29.3 Å². The highest BCUT2D eigenvalue weighted by Gasteiger charge is 2.36. The quantitative estimate of drug-likeness (QED) is 0.916. The van der Waals surface area contributed by atoms with E-state index < -0.39 is 11.7 Å². The number of rotatable bonds is 4. The summed E-state index contributed by atoms with van der Waals surface area (Å²) >= 11 is 0. The second-order valence-electron chi connectivity index (χ2n) is 5.73. The lowest BCUT2D eigenvalue weighted by atomic mass is 9.90. The van der Waals surface area contributed by atoms with Gasteiger partial charge in [-0.05, 0) is 50.3 Å². The summed E-state index contributed by atoms with van der Waals surface area (Å²) in [5.41, 5.74) is 6.03. The molecule has 5 heteroatoms. The highest BCUT2D eigenvalue weighted by atomic mass is 19.4. The van der Waals surface area contributed by atoms with E-state index >= 15 is 0 Å². The molecule has 1 aliphatic carbocycles. The third kappa shape index (κ3) is 3.26. The molecule has 1 fully saturated rings. The molecule has 0 amide bonds. The summed E-state index contributed by atoms with van der Waals surface area (Å²) in [6, 6.07) is 4.66. The number of hydrogen-bond donors (Lipinski definition) is 1. The minimum absolute atomic E-state index is 0.147. The molecular formula is C15H21F3N2. The number of nitrogens with two attached hydrogens (primary N) is 1. The van der Waals surface area contributed by atoms with Crippen molar-refractivity contribution in [3.8, 4) is 0 Å². The molecule has 0 bridgehead atoms. The zero-order valence-electron chi connectivity index (χ0n) is 11.9. The Kier molecular flexibility index (Phi) is 4.28. The van der Waals surface area contributed by atoms with Crippen molar-refractivity contribution in [1.29, 1.82) is 0 Å². The molecule has 0 heterocycles. The van der Waals surface area contributed by atoms with Gasteiger partial charge in [-0.1, -0.05) is 6.07 Å². The monoisotopic (exact) mass is 286 g/mol. The number of halogens is 3. The molecule has 0 saturated heterocycles. The van der Waals surface area contributed by atoms with Gasteiger partial charge in [-0.15, -0.1) is 0 Å². The van der Waals surface area contributed by atoms with Gasteiger partial charge in [0.05, 0.1) is 5.56 Å². The molecule has 20 heavy (non-hydrogen) atoms. The average Bonchev–Trinajstić information content (AvgIpc) is 2.24. The van der Waals surface area contributed by atoms with E-state index in [-0.39, 0.29) is 17.8 Å². The number of nitrogens with zero attached hydrogens (tertiary/aromatic N) is 1. The number of hydrogen-bond acceptors (Lipinski definition) is 2. The third-order valence-electron chi connectivity index (χ3n) is 3.93. The van der Waals surface area contributed by atoms with Gasteiger partial charge in [0.2, 0.25) is 0 Å². The first kappa shape index (κ1) is 15.2. The second kappa shape index (κ2) is 5.64. The lowest BCUT2D eigenvalue weighted by Crippen LogP contribution is -2.38. The molecule has 1 atom stereocenters. The zero-order chi connectivity index (χ0) is 14.9. The third-order valence-corrected chi connectivity index (χ3v) is 3.93. The maximum atomic E-state index is 13.3. The van der Waals surface area contributed by atoms with Gasteiger partial charge in [-0.25, -0.2) is 0 Å². The molecule has 1 aromatic rings. The van der Waals surface area contributed by atoms with Crippen molar-refractivity contribution < 1.29 is 13.2 Å². The van der Waals surface area contributed by atoms with E-state index in [2.05, 4.69) is 0 Å². The van der Waals surface area contributed by atoms with Gasteiger partial charge >= 0.3 is 6.18 Å². The van der Waals surface area contributed by atoms with Crippen LogP contribution in [0.25, 0.3) is 0 Å². The molecule has 1 unspecified atom stereocenters. The second-order valence-corrected chi connectivity index (χ2v) is 5.73. The predicted molar refractivity (Wildman–Crippen MR) is 74.8 cm³/mol. The first-order chi connectivity index (χ1) is 9.29. The number of anilines is 1. The summed E-state index contributed by atoms with van der Waals surface area (Å²) in [5.74, 6) is 0. The lowest BCUT2D eigenvalue weighted by molar-refractivity contribution is -0.137. The van der Waals surface area contributed by atoms with Crippen LogP contribution < -0.4 is 10.6 Å². The number of alkyl halides is 3. The van der Waals surface area contributed by atoms with Crippen LogP contribution in [0, 0.1) is 0 Å². The Morgan fingerprint density at radius 3 is 2.45 bits per heavy atom. The Bertz CT molecular complexity index is 465. The van der Waals surface area contributed by atoms with E-state index in [1.807, 2.05) is 0 Å². The molecule has 0 radical (unpaired) electrons. The van der Waals surface area contributed by atoms with Crippen LogP contribution in [0.5, 0.6) is 0 Å². The van der Waals surface area contributed by atoms with Gasteiger partial charge in [0.25, 0.3) is 0 Å². The summed E-state index contributed by atoms with van der Waals surface area (Å²) < 4.78 is 39.8. The molecule has 2 N–H and O–H groups in total. The molecule has 1 aromatic carbocycles. The molecule has 112 valence electrons. The van der Waals surface area contributed by atoms with E-state index in [1.54, 1.807) is 31.0 Å². The standard InChI is InChI=1S/C15H21F3N2/c1-10(19)8-11-6-7-14(13(9-11)15(16,17)18)20(2)12-4-3-5-12/h6-7,9-10,12H,3-5,8,19H2,1-2H3. The van der Waals surface area contributed by atoms with Crippen molar-refractivity contribution in [2.45, 2.75) is 50.9 Å². The van der Waals surface area contributed by atoms with Crippen LogP contribution in [0.3, 0.4) is 0 Å². The van der Waals surface area contributed by atoms with Crippen molar-refractivity contribution in [3.05, 3.63) is 29.3 Å². The van der Waals surface area contributed by atoms with Crippen molar-refractivity contribution in [2.75, 3.05) is 11.9 Å². The molecule has 0 aromatic heterocycles. The summed E-state index contributed by atoms with van der Waals surface area (Å²) in [7, 11) is 1.75. The molecule has 2 rings (SSSR count). The van der Waals surface area contributed by atoms with Gasteiger partial charge in [0, 0.05) is 24.8 Å². The van der Waals surface area contributed by atoms with Crippen LogP contribution in [-0.4, -0.2) is 19.1 Å². The van der Waals surface area contributed by atoms with Crippen LogP contribution in [0.2, 0.25) is 0 Å². The van der Waals surface area contributed by atoms with Gasteiger partial charge in [-0.3, -0.25) is 0 Å². The fraction of sp³-hybridized carbons (Fsp3) is 0.600. The van der Waals surface area contributed by atoms with Crippen molar-refractivity contribution in [2.24, 2.45) is 5.73 Å². The molecule has 0 spiro atoms. The summed E-state index contributed by atoms with van der Waals surface area (Å²) in [4.78, 5) is 1.77. The molecule has 1 saturated carbocycles. The fourth-order valence-corrected chi connectivity index (χ4v) is 2.59. The Hall–Kier alpha value is -1.23. The molecule has 1 aliphatic rings. The van der Waals surface area contributed by atoms with E-state index in [0.717, 1.165) is 19.3 Å². The van der Waals surface area contributed by atoms with E-state index in [4.69, 9.17) is 5.73 Å². The normalized spacial score (nSPS) is 17.7. The van der Waals surface area contributed by atoms with E-state index in [9.17, 15) is 13.2 Å². The Labute approximate surface area is 117 Å². The maximum absolute atomic E-state index is 13.3. The molecule has 2 nitrogen and oxygen atoms in total. The first-order valence-electron chi connectivity index (χ1n) is 6.97. The van der Waals surface area contributed by atoms with Crippen LogP contribution in [0.4, 0.5) is 18.9 Å². The van der Waals surface area contributed by atoms with Gasteiger partial charge in [0.1, 0.15) is 0 Å². The lowest BCUT2D eigenvalue weighted by Gasteiger charge is -2.37. The highest BCUT2D eigenvalue weighted by molar-refractivity contribution is 5.57. The van der Waals surface area contributed by atoms with Crippen molar-refractivity contribution in [1.82, 2.24) is 0 Å². The Balaban J connectivity index is 2.34.